The second-order valence-electron chi connectivity index (χ2n) is 16.9. The zero-order chi connectivity index (χ0) is 45.0. The van der Waals surface area contributed by atoms with Gasteiger partial charge in [-0.1, -0.05) is 101 Å². The highest BCUT2D eigenvalue weighted by Crippen LogP contribution is 2.68. The molecule has 0 bridgehead atoms. The van der Waals surface area contributed by atoms with Crippen molar-refractivity contribution in [2.24, 2.45) is 40.4 Å². The van der Waals surface area contributed by atoms with E-state index in [2.05, 4.69) is 32.4 Å². The van der Waals surface area contributed by atoms with Crippen LogP contribution in [-0.2, 0) is 11.0 Å². The molecule has 1 amide bonds. The van der Waals surface area contributed by atoms with Gasteiger partial charge < -0.3 is 0 Å². The third-order valence-electron chi connectivity index (χ3n) is 13.4. The molecule has 0 radical (unpaired) electrons. The zero-order valence-corrected chi connectivity index (χ0v) is 38.7. The lowest BCUT2D eigenvalue weighted by Gasteiger charge is -2.60. The Kier molecular flexibility index (Phi) is 24.6. The third-order valence-corrected chi connectivity index (χ3v) is 14.3. The summed E-state index contributed by atoms with van der Waals surface area (Å²) < 4.78 is 103. The van der Waals surface area contributed by atoms with Gasteiger partial charge in [0.05, 0.1) is 10.5 Å². The molecule has 2 nitrogen and oxygen atoms in total. The monoisotopic (exact) mass is 868 g/mol. The predicted octanol–water partition coefficient (Wildman–Crippen LogP) is 17.6. The van der Waals surface area contributed by atoms with Gasteiger partial charge in [0.25, 0.3) is 0 Å². The van der Waals surface area contributed by atoms with E-state index in [9.17, 15) is 39.9 Å². The van der Waals surface area contributed by atoms with Crippen LogP contribution in [0, 0.1) is 46.2 Å². The van der Waals surface area contributed by atoms with Crippen molar-refractivity contribution in [2.75, 3.05) is 0 Å². The number of rotatable bonds is 11. The van der Waals surface area contributed by atoms with Crippen LogP contribution in [0.4, 0.5) is 35.1 Å². The van der Waals surface area contributed by atoms with E-state index >= 15 is 0 Å². The van der Waals surface area contributed by atoms with E-state index in [4.69, 9.17) is 0 Å². The van der Waals surface area contributed by atoms with Crippen LogP contribution in [0.3, 0.4) is 0 Å². The molecule has 0 spiro atoms. The molecule has 1 aromatic rings. The summed E-state index contributed by atoms with van der Waals surface area (Å²) in [5.41, 5.74) is -1.01. The van der Waals surface area contributed by atoms with E-state index in [0.717, 1.165) is 73.6 Å². The maximum atomic E-state index is 14.0. The number of amides is 1. The Bertz CT molecular complexity index is 1420. The van der Waals surface area contributed by atoms with Crippen molar-refractivity contribution in [3.05, 3.63) is 53.1 Å². The molecule has 7 unspecified atom stereocenters. The molecule has 4 saturated carbocycles. The Balaban J connectivity index is 0.000000657. The lowest BCUT2D eigenvalue weighted by atomic mass is 9.45. The Labute approximate surface area is 357 Å². The van der Waals surface area contributed by atoms with Crippen molar-refractivity contribution in [2.45, 2.75) is 202 Å². The molecule has 0 aliphatic heterocycles. The smallest absolute Gasteiger partial charge is 0.296 e. The van der Waals surface area contributed by atoms with E-state index in [1.165, 1.54) is 89.9 Å². The van der Waals surface area contributed by atoms with Gasteiger partial charge in [-0.15, -0.1) is 0 Å². The molecule has 1 N–H and O–H groups in total. The zero-order valence-electron chi connectivity index (χ0n) is 37.8. The van der Waals surface area contributed by atoms with Crippen molar-refractivity contribution in [3.63, 3.8) is 0 Å². The summed E-state index contributed by atoms with van der Waals surface area (Å²) in [7, 11) is 0. The maximum Gasteiger partial charge on any atom is 0.416 e. The molecule has 4 fully saturated rings. The minimum atomic E-state index is -4.59. The molecule has 11 heteroatoms. The summed E-state index contributed by atoms with van der Waals surface area (Å²) in [6, 6.07) is 2.38. The first kappa shape index (κ1) is 55.0. The average Bonchev–Trinajstić information content (AvgIpc) is 3.53. The minimum absolute atomic E-state index is 0.00867. The van der Waals surface area contributed by atoms with Crippen molar-refractivity contribution in [1.82, 2.24) is 4.72 Å². The summed E-state index contributed by atoms with van der Waals surface area (Å²) in [5.74, 6) is 2.18. The molecule has 0 heterocycles. The van der Waals surface area contributed by atoms with Crippen molar-refractivity contribution in [3.8, 4) is 0 Å². The molecular weight excluding hydrogens is 791 g/mol. The number of unbranched alkanes of at least 4 members (excludes halogenated alkanes) is 3. The SMILES string of the molecule is CC.CC.CC/C=C(F)\C=C(/C)C(F)(F)F.CC12CCCCC1CCC1C2CCC2(C)C(CCCC(=O)NSc3ccc(C(F)(F)F)cc3F)CCC12.CCCCCC. The van der Waals surface area contributed by atoms with Crippen LogP contribution >= 0.6 is 11.9 Å². The quantitative estimate of drug-likeness (QED) is 0.104. The van der Waals surface area contributed by atoms with Crippen molar-refractivity contribution >= 4 is 17.9 Å². The summed E-state index contributed by atoms with van der Waals surface area (Å²) in [6.45, 7) is 20.1. The Morgan fingerprint density at radius 2 is 1.46 bits per heavy atom. The summed E-state index contributed by atoms with van der Waals surface area (Å²) in [4.78, 5) is 12.4. The molecule has 0 aromatic heterocycles. The maximum absolute atomic E-state index is 14.0. The lowest BCUT2D eigenvalue weighted by molar-refractivity contribution is -0.137. The molecule has 4 aliphatic rings. The van der Waals surface area contributed by atoms with E-state index in [-0.39, 0.29) is 10.8 Å². The van der Waals surface area contributed by atoms with E-state index < -0.39 is 35.1 Å². The van der Waals surface area contributed by atoms with Gasteiger partial charge >= 0.3 is 12.4 Å². The first-order valence-corrected chi connectivity index (χ1v) is 23.6. The van der Waals surface area contributed by atoms with Crippen LogP contribution in [0.2, 0.25) is 0 Å². The van der Waals surface area contributed by atoms with Crippen LogP contribution in [0.1, 0.15) is 190 Å². The first-order chi connectivity index (χ1) is 27.8. The van der Waals surface area contributed by atoms with Crippen LogP contribution in [0.5, 0.6) is 0 Å². The van der Waals surface area contributed by atoms with Crippen molar-refractivity contribution < 1.29 is 39.9 Å². The molecular formula is C48H77F8NOS. The molecule has 1 aromatic carbocycles. The van der Waals surface area contributed by atoms with Gasteiger partial charge in [-0.3, -0.25) is 9.52 Å². The second-order valence-corrected chi connectivity index (χ2v) is 17.8. The average molecular weight is 868 g/mol. The number of carbonyl (C=O) groups excluding carboxylic acids is 1. The summed E-state index contributed by atoms with van der Waals surface area (Å²) >= 11 is 0.754. The van der Waals surface area contributed by atoms with Gasteiger partial charge in [0.2, 0.25) is 5.91 Å². The number of hydrogen-bond donors (Lipinski definition) is 1. The molecule has 5 rings (SSSR count). The standard InChI is InChI=1S/C30H41F4NOS.C8H10F4.C6H14.2C2H6/c1-28-16-4-3-6-19(28)9-12-22-23-13-10-20(29(23,2)17-15-24(22)28)7-5-8-27(36)35-37-26-14-11-21(18-25(26)31)30(32,33)34;1-3-4-7(9)5-6(2)8(10,11)12;1-3-5-6-4-2;2*1-2/h11,14,18-20,22-24H,3-10,12-13,15-17H2,1-2H3,(H,35,36);4-5H,3H2,1-2H3;3-6H2,1-2H3;2*1-2H3/b;6-5+,7-4+;;;. The first-order valence-electron chi connectivity index (χ1n) is 22.7. The van der Waals surface area contributed by atoms with Crippen LogP contribution in [0.15, 0.2) is 46.6 Å². The van der Waals surface area contributed by atoms with E-state index in [0.29, 0.717) is 41.7 Å². The van der Waals surface area contributed by atoms with Gasteiger partial charge in [0, 0.05) is 12.0 Å². The second kappa shape index (κ2) is 26.4. The number of benzene rings is 1. The van der Waals surface area contributed by atoms with Gasteiger partial charge in [0.15, 0.2) is 0 Å². The minimum Gasteiger partial charge on any atom is -0.296 e. The number of allylic oxidation sites excluding steroid dienone is 4. The highest BCUT2D eigenvalue weighted by molar-refractivity contribution is 7.98. The van der Waals surface area contributed by atoms with Gasteiger partial charge in [-0.05, 0) is 160 Å². The number of nitrogens with one attached hydrogen (secondary N) is 1. The molecule has 59 heavy (non-hydrogen) atoms. The Hall–Kier alpha value is -2.04. The van der Waals surface area contributed by atoms with Crippen molar-refractivity contribution in [1.29, 1.82) is 0 Å². The molecule has 0 saturated heterocycles. The lowest BCUT2D eigenvalue weighted by Crippen LogP contribution is -2.52. The Morgan fingerprint density at radius 3 is 2.02 bits per heavy atom. The molecule has 4 aliphatic carbocycles. The summed E-state index contributed by atoms with van der Waals surface area (Å²) in [5, 5.41) is 0. The van der Waals surface area contributed by atoms with Gasteiger partial charge in [0.1, 0.15) is 11.6 Å². The molecule has 342 valence electrons. The number of fused-ring (bicyclic) bond motifs is 5. The fourth-order valence-corrected chi connectivity index (χ4v) is 11.0. The van der Waals surface area contributed by atoms with Crippen LogP contribution in [-0.4, -0.2) is 12.1 Å². The number of carbonyl (C=O) groups is 1. The fourth-order valence-electron chi connectivity index (χ4n) is 10.4. The highest BCUT2D eigenvalue weighted by Gasteiger charge is 2.59. The van der Waals surface area contributed by atoms with Gasteiger partial charge in [-0.25, -0.2) is 8.78 Å². The third kappa shape index (κ3) is 16.3. The van der Waals surface area contributed by atoms with E-state index in [1.54, 1.807) is 6.92 Å². The highest BCUT2D eigenvalue weighted by atomic mass is 32.2. The summed E-state index contributed by atoms with van der Waals surface area (Å²) in [6.07, 6.45) is 14.5. The van der Waals surface area contributed by atoms with E-state index in [1.807, 2.05) is 27.7 Å². The Morgan fingerprint density at radius 1 is 0.831 bits per heavy atom. The normalized spacial score (nSPS) is 27.7. The number of halogens is 8. The predicted molar refractivity (Wildman–Crippen MR) is 231 cm³/mol. The van der Waals surface area contributed by atoms with Crippen LogP contribution in [0.25, 0.3) is 0 Å². The topological polar surface area (TPSA) is 29.1 Å². The van der Waals surface area contributed by atoms with Gasteiger partial charge in [-0.2, -0.15) is 26.3 Å². The van der Waals surface area contributed by atoms with Crippen LogP contribution < -0.4 is 4.72 Å². The fraction of sp³-hybridized carbons (Fsp3) is 0.771. The number of hydrogen-bond acceptors (Lipinski definition) is 2. The number of alkyl halides is 6. The molecule has 7 atom stereocenters. The largest absolute Gasteiger partial charge is 0.416 e.